The molecule has 13 heteroatoms. The number of rotatable bonds is 9. The van der Waals surface area contributed by atoms with Gasteiger partial charge in [0.2, 0.25) is 5.91 Å². The van der Waals surface area contributed by atoms with Crippen molar-refractivity contribution in [1.82, 2.24) is 9.88 Å². The maximum absolute atomic E-state index is 12.9. The van der Waals surface area contributed by atoms with Gasteiger partial charge in [0.15, 0.2) is 17.6 Å². The standard InChI is InChI=1S/C30H30Cl2N2O6.C16H17NO2/c1-30(2,3)40-29(36)34-14-20-13-26-25(12-19(20)11-24(34)28(33)35)38-16-27(39-26)18-5-4-6-21(10-18)37-15-17-7-8-22(31)23(32)9-17;1-11-12(2)17-10-9-15(11)14-6-3-13(4-7-14)5-8-16(18)19/h4-10,12-13,24,27H,11,14-16H2,1-3H3,(H2,33,35);3-4,6-7,9-10H,5,8H2,1-2H3,(H,18,19). The van der Waals surface area contributed by atoms with E-state index in [1.807, 2.05) is 85.9 Å². The molecule has 0 bridgehead atoms. The van der Waals surface area contributed by atoms with Gasteiger partial charge in [0.05, 0.1) is 16.6 Å². The summed E-state index contributed by atoms with van der Waals surface area (Å²) in [4.78, 5) is 41.3. The number of primary amides is 1. The van der Waals surface area contributed by atoms with Crippen molar-refractivity contribution in [1.29, 1.82) is 0 Å². The van der Waals surface area contributed by atoms with E-state index < -0.39 is 29.6 Å². The fraction of sp³-hybridized carbons (Fsp3) is 0.304. The molecule has 7 rings (SSSR count). The number of halogens is 2. The summed E-state index contributed by atoms with van der Waals surface area (Å²) in [6.45, 7) is 10.2. The zero-order chi connectivity index (χ0) is 42.4. The van der Waals surface area contributed by atoms with Crippen molar-refractivity contribution in [3.8, 4) is 28.4 Å². The van der Waals surface area contributed by atoms with Crippen LogP contribution in [0.5, 0.6) is 17.2 Å². The van der Waals surface area contributed by atoms with Gasteiger partial charge in [-0.3, -0.25) is 19.5 Å². The van der Waals surface area contributed by atoms with Crippen LogP contribution in [-0.4, -0.2) is 51.2 Å². The molecule has 308 valence electrons. The SMILES string of the molecule is CC(C)(C)OC(=O)N1Cc2cc3c(cc2CC1C(N)=O)OCC(c1cccc(OCc2ccc(Cl)c(Cl)c2)c1)O3.Cc1nccc(-c2ccc(CCC(=O)O)cc2)c1C. The number of pyridine rings is 1. The zero-order valence-corrected chi connectivity index (χ0v) is 35.1. The third-order valence-electron chi connectivity index (χ3n) is 9.98. The second-order valence-corrected chi connectivity index (χ2v) is 16.3. The molecule has 0 fully saturated rings. The van der Waals surface area contributed by atoms with Gasteiger partial charge < -0.3 is 29.8 Å². The summed E-state index contributed by atoms with van der Waals surface area (Å²) < 4.78 is 23.9. The van der Waals surface area contributed by atoms with E-state index >= 15 is 0 Å². The third kappa shape index (κ3) is 11.0. The number of ether oxygens (including phenoxy) is 4. The molecule has 3 heterocycles. The molecule has 3 N–H and O–H groups in total. The molecular formula is C46H47Cl2N3O8. The first-order chi connectivity index (χ1) is 28.0. The van der Waals surface area contributed by atoms with Crippen LogP contribution < -0.4 is 19.9 Å². The molecule has 1 aromatic heterocycles. The Morgan fingerprint density at radius 1 is 0.915 bits per heavy atom. The van der Waals surface area contributed by atoms with Crippen LogP contribution in [0.4, 0.5) is 4.79 Å². The van der Waals surface area contributed by atoms with Gasteiger partial charge in [-0.2, -0.15) is 0 Å². The molecule has 2 aliphatic heterocycles. The first-order valence-electron chi connectivity index (χ1n) is 19.2. The predicted octanol–water partition coefficient (Wildman–Crippen LogP) is 9.61. The van der Waals surface area contributed by atoms with Crippen LogP contribution >= 0.6 is 23.2 Å². The van der Waals surface area contributed by atoms with Crippen LogP contribution in [0.15, 0.2) is 91.1 Å². The number of carbonyl (C=O) groups excluding carboxylic acids is 2. The molecule has 11 nitrogen and oxygen atoms in total. The Morgan fingerprint density at radius 2 is 1.64 bits per heavy atom. The lowest BCUT2D eigenvalue weighted by Gasteiger charge is -2.37. The van der Waals surface area contributed by atoms with E-state index in [1.165, 1.54) is 16.0 Å². The highest BCUT2D eigenvalue weighted by molar-refractivity contribution is 6.42. The van der Waals surface area contributed by atoms with Crippen LogP contribution in [0, 0.1) is 13.8 Å². The van der Waals surface area contributed by atoms with Crippen molar-refractivity contribution in [3.63, 3.8) is 0 Å². The smallest absolute Gasteiger partial charge is 0.411 e. The molecule has 0 radical (unpaired) electrons. The van der Waals surface area contributed by atoms with Gasteiger partial charge in [-0.1, -0.05) is 65.7 Å². The fourth-order valence-electron chi connectivity index (χ4n) is 6.74. The van der Waals surface area contributed by atoms with Gasteiger partial charge in [0, 0.05) is 24.7 Å². The Morgan fingerprint density at radius 3 is 2.34 bits per heavy atom. The lowest BCUT2D eigenvalue weighted by atomic mass is 9.93. The predicted molar refractivity (Wildman–Crippen MR) is 226 cm³/mol. The number of aromatic nitrogens is 1. The number of amides is 2. The molecule has 4 aromatic carbocycles. The van der Waals surface area contributed by atoms with Gasteiger partial charge in [0.1, 0.15) is 30.6 Å². The second-order valence-electron chi connectivity index (χ2n) is 15.5. The molecular weight excluding hydrogens is 793 g/mol. The Hall–Kier alpha value is -5.78. The maximum atomic E-state index is 12.9. The highest BCUT2D eigenvalue weighted by Crippen LogP contribution is 2.41. The van der Waals surface area contributed by atoms with Crippen molar-refractivity contribution in [2.24, 2.45) is 5.73 Å². The lowest BCUT2D eigenvalue weighted by Crippen LogP contribution is -2.52. The van der Waals surface area contributed by atoms with E-state index in [9.17, 15) is 14.4 Å². The number of carboxylic acids is 1. The Labute approximate surface area is 354 Å². The van der Waals surface area contributed by atoms with Crippen LogP contribution in [0.2, 0.25) is 10.0 Å². The van der Waals surface area contributed by atoms with E-state index in [2.05, 4.69) is 11.9 Å². The van der Waals surface area contributed by atoms with Crippen molar-refractivity contribution in [2.75, 3.05) is 6.61 Å². The van der Waals surface area contributed by atoms with E-state index in [0.29, 0.717) is 46.9 Å². The number of hydrogen-bond acceptors (Lipinski definition) is 8. The van der Waals surface area contributed by atoms with Crippen molar-refractivity contribution in [3.05, 3.63) is 140 Å². The van der Waals surface area contributed by atoms with Gasteiger partial charge >= 0.3 is 12.1 Å². The minimum absolute atomic E-state index is 0.164. The maximum Gasteiger partial charge on any atom is 0.411 e. The van der Waals surface area contributed by atoms with E-state index in [-0.39, 0.29) is 25.5 Å². The molecule has 0 saturated carbocycles. The molecule has 2 unspecified atom stereocenters. The van der Waals surface area contributed by atoms with E-state index in [0.717, 1.165) is 39.1 Å². The summed E-state index contributed by atoms with van der Waals surface area (Å²) in [7, 11) is 0. The Kier molecular flexibility index (Phi) is 13.4. The number of carbonyl (C=O) groups is 3. The molecule has 0 aliphatic carbocycles. The number of benzene rings is 4. The Bertz CT molecular complexity index is 2340. The zero-order valence-electron chi connectivity index (χ0n) is 33.6. The van der Waals surface area contributed by atoms with E-state index in [4.69, 9.17) is 53.0 Å². The second kappa shape index (κ2) is 18.4. The van der Waals surface area contributed by atoms with Gasteiger partial charge in [-0.05, 0) is 128 Å². The minimum Gasteiger partial charge on any atom is -0.489 e. The molecule has 2 amide bonds. The minimum atomic E-state index is -0.815. The quantitative estimate of drug-likeness (QED) is 0.148. The Balaban J connectivity index is 0.000000257. The van der Waals surface area contributed by atoms with Crippen LogP contribution in [0.25, 0.3) is 11.1 Å². The molecule has 0 spiro atoms. The third-order valence-corrected chi connectivity index (χ3v) is 10.7. The number of fused-ring (bicyclic) bond motifs is 2. The first kappa shape index (κ1) is 42.8. The number of aliphatic carboxylic acids is 1. The fourth-order valence-corrected chi connectivity index (χ4v) is 7.06. The van der Waals surface area contributed by atoms with Gasteiger partial charge in [-0.25, -0.2) is 4.79 Å². The largest absolute Gasteiger partial charge is 0.489 e. The van der Waals surface area contributed by atoms with Crippen LogP contribution in [-0.2, 0) is 40.3 Å². The molecule has 59 heavy (non-hydrogen) atoms. The number of nitrogens with two attached hydrogens (primary N) is 1. The molecule has 5 aromatic rings. The number of carboxylic acid groups (broad SMARTS) is 1. The number of hydrogen-bond donors (Lipinski definition) is 2. The van der Waals surface area contributed by atoms with Crippen molar-refractivity contribution < 1.29 is 38.4 Å². The summed E-state index contributed by atoms with van der Waals surface area (Å²) in [5.74, 6) is 0.459. The van der Waals surface area contributed by atoms with E-state index in [1.54, 1.807) is 32.9 Å². The van der Waals surface area contributed by atoms with Gasteiger partial charge in [-0.15, -0.1) is 0 Å². The topological polar surface area (TPSA) is 151 Å². The summed E-state index contributed by atoms with van der Waals surface area (Å²) >= 11 is 12.1. The summed E-state index contributed by atoms with van der Waals surface area (Å²) in [6.07, 6.45) is 1.87. The molecule has 2 atom stereocenters. The highest BCUT2D eigenvalue weighted by Gasteiger charge is 2.37. The van der Waals surface area contributed by atoms with Gasteiger partial charge in [0.25, 0.3) is 0 Å². The summed E-state index contributed by atoms with van der Waals surface area (Å²) in [5, 5.41) is 9.64. The summed E-state index contributed by atoms with van der Waals surface area (Å²) in [5.41, 5.74) is 14.0. The average Bonchev–Trinajstić information content (AvgIpc) is 3.20. The molecule has 0 saturated heterocycles. The first-order valence-corrected chi connectivity index (χ1v) is 19.9. The average molecular weight is 841 g/mol. The number of aryl methyl sites for hydroxylation is 2. The number of nitrogens with zero attached hydrogens (tertiary/aromatic N) is 2. The lowest BCUT2D eigenvalue weighted by molar-refractivity contribution is -0.137. The highest BCUT2D eigenvalue weighted by atomic mass is 35.5. The van der Waals surface area contributed by atoms with Crippen molar-refractivity contribution >= 4 is 41.2 Å². The van der Waals surface area contributed by atoms with Crippen LogP contribution in [0.3, 0.4) is 0 Å². The van der Waals surface area contributed by atoms with Crippen molar-refractivity contribution in [2.45, 2.75) is 84.8 Å². The monoisotopic (exact) mass is 839 g/mol. The normalized spacial score (nSPS) is 15.6. The summed E-state index contributed by atoms with van der Waals surface area (Å²) in [6, 6.07) is 26.0. The molecule has 2 aliphatic rings. The van der Waals surface area contributed by atoms with Crippen LogP contribution in [0.1, 0.15) is 72.4 Å².